The molecule has 1 aliphatic heterocycles. The van der Waals surface area contributed by atoms with Crippen LogP contribution in [-0.4, -0.2) is 26.8 Å². The highest BCUT2D eigenvalue weighted by atomic mass is 35.5. The van der Waals surface area contributed by atoms with Crippen molar-refractivity contribution in [3.63, 3.8) is 0 Å². The molecule has 0 aliphatic carbocycles. The van der Waals surface area contributed by atoms with Crippen LogP contribution in [0.25, 0.3) is 0 Å². The summed E-state index contributed by atoms with van der Waals surface area (Å²) in [5.74, 6) is 0.608. The number of ether oxygens (including phenoxy) is 2. The maximum absolute atomic E-state index is 12.5. The van der Waals surface area contributed by atoms with Crippen LogP contribution in [0.5, 0.6) is 11.5 Å². The number of nitrogens with zero attached hydrogens (tertiary/aromatic N) is 1. The lowest BCUT2D eigenvalue weighted by molar-refractivity contribution is 0.102. The van der Waals surface area contributed by atoms with Gasteiger partial charge in [0.15, 0.2) is 11.5 Å². The number of halogens is 2. The van der Waals surface area contributed by atoms with Gasteiger partial charge >= 0.3 is 0 Å². The molecule has 120 valence electrons. The molecule has 1 heterocycles. The number of fused-ring (bicyclic) bond motifs is 1. The smallest absolute Gasteiger partial charge is 0.255 e. The van der Waals surface area contributed by atoms with Gasteiger partial charge in [0.2, 0.25) is 6.79 Å². The van der Waals surface area contributed by atoms with Crippen molar-refractivity contribution >= 4 is 40.5 Å². The summed E-state index contributed by atoms with van der Waals surface area (Å²) in [6.07, 6.45) is 0. The monoisotopic (exact) mass is 352 g/mol. The Morgan fingerprint density at radius 3 is 2.70 bits per heavy atom. The van der Waals surface area contributed by atoms with Crippen molar-refractivity contribution in [3.05, 3.63) is 45.9 Å². The summed E-state index contributed by atoms with van der Waals surface area (Å²) in [7, 11) is 3.77. The van der Waals surface area contributed by atoms with E-state index in [9.17, 15) is 4.79 Å². The summed E-state index contributed by atoms with van der Waals surface area (Å²) in [6.45, 7) is 0.0964. The topological polar surface area (TPSA) is 50.8 Å². The van der Waals surface area contributed by atoms with Gasteiger partial charge in [0.25, 0.3) is 5.91 Å². The van der Waals surface area contributed by atoms with E-state index in [0.717, 1.165) is 5.69 Å². The lowest BCUT2D eigenvalue weighted by atomic mass is 10.1. The number of nitrogens with one attached hydrogen (secondary N) is 1. The second-order valence-corrected chi connectivity index (χ2v) is 6.05. The molecule has 0 bridgehead atoms. The summed E-state index contributed by atoms with van der Waals surface area (Å²) in [4.78, 5) is 14.4. The van der Waals surface area contributed by atoms with Gasteiger partial charge in [-0.2, -0.15) is 0 Å². The summed E-state index contributed by atoms with van der Waals surface area (Å²) >= 11 is 12.1. The Morgan fingerprint density at radius 2 is 1.96 bits per heavy atom. The Morgan fingerprint density at radius 1 is 1.17 bits per heavy atom. The SMILES string of the molecule is CN(C)c1ccc(Cl)cc1NC(=O)c1cc(Cl)c2c(c1)OCO2. The van der Waals surface area contributed by atoms with Crippen molar-refractivity contribution in [2.45, 2.75) is 0 Å². The van der Waals surface area contributed by atoms with E-state index in [1.807, 2.05) is 25.1 Å². The van der Waals surface area contributed by atoms with Crippen LogP contribution in [0.15, 0.2) is 30.3 Å². The number of rotatable bonds is 3. The zero-order valence-corrected chi connectivity index (χ0v) is 14.0. The lowest BCUT2D eigenvalue weighted by Gasteiger charge is -2.18. The molecule has 0 unspecified atom stereocenters. The number of anilines is 2. The highest BCUT2D eigenvalue weighted by Crippen LogP contribution is 2.40. The summed E-state index contributed by atoms with van der Waals surface area (Å²) in [6, 6.07) is 8.45. The summed E-state index contributed by atoms with van der Waals surface area (Å²) in [5, 5.41) is 3.72. The molecule has 3 rings (SSSR count). The van der Waals surface area contributed by atoms with Crippen molar-refractivity contribution in [3.8, 4) is 11.5 Å². The normalized spacial score (nSPS) is 12.2. The maximum Gasteiger partial charge on any atom is 0.255 e. The molecule has 0 spiro atoms. The fraction of sp³-hybridized carbons (Fsp3) is 0.188. The molecule has 1 amide bonds. The van der Waals surface area contributed by atoms with E-state index < -0.39 is 0 Å². The number of carbonyl (C=O) groups is 1. The Labute approximate surface area is 143 Å². The van der Waals surface area contributed by atoms with Gasteiger partial charge in [-0.1, -0.05) is 23.2 Å². The molecule has 0 saturated heterocycles. The highest BCUT2D eigenvalue weighted by Gasteiger charge is 2.21. The van der Waals surface area contributed by atoms with Crippen LogP contribution in [0.3, 0.4) is 0 Å². The molecule has 0 aromatic heterocycles. The van der Waals surface area contributed by atoms with E-state index in [2.05, 4.69) is 5.32 Å². The van der Waals surface area contributed by atoms with Crippen molar-refractivity contribution in [1.29, 1.82) is 0 Å². The van der Waals surface area contributed by atoms with Crippen LogP contribution in [0.4, 0.5) is 11.4 Å². The minimum atomic E-state index is -0.310. The van der Waals surface area contributed by atoms with Gasteiger partial charge in [0.1, 0.15) is 0 Å². The summed E-state index contributed by atoms with van der Waals surface area (Å²) in [5.41, 5.74) is 1.83. The van der Waals surface area contributed by atoms with E-state index in [4.69, 9.17) is 32.7 Å². The Bertz CT molecular complexity index is 778. The van der Waals surface area contributed by atoms with Gasteiger partial charge < -0.3 is 19.7 Å². The molecule has 0 atom stereocenters. The molecular weight excluding hydrogens is 339 g/mol. The molecule has 1 N–H and O–H groups in total. The van der Waals surface area contributed by atoms with E-state index in [-0.39, 0.29) is 12.7 Å². The predicted molar refractivity (Wildman–Crippen MR) is 91.3 cm³/mol. The second kappa shape index (κ2) is 6.18. The van der Waals surface area contributed by atoms with Crippen molar-refractivity contribution in [2.75, 3.05) is 31.1 Å². The van der Waals surface area contributed by atoms with Crippen LogP contribution in [-0.2, 0) is 0 Å². The van der Waals surface area contributed by atoms with Crippen LogP contribution < -0.4 is 19.7 Å². The first-order chi connectivity index (χ1) is 11.0. The van der Waals surface area contributed by atoms with Crippen molar-refractivity contribution in [1.82, 2.24) is 0 Å². The average molecular weight is 353 g/mol. The Balaban J connectivity index is 1.91. The zero-order chi connectivity index (χ0) is 16.6. The first-order valence-electron chi connectivity index (χ1n) is 6.83. The molecule has 1 aliphatic rings. The minimum absolute atomic E-state index is 0.0964. The molecule has 2 aromatic rings. The van der Waals surface area contributed by atoms with Crippen LogP contribution in [0, 0.1) is 0 Å². The quantitative estimate of drug-likeness (QED) is 0.905. The molecule has 0 radical (unpaired) electrons. The average Bonchev–Trinajstić information content (AvgIpc) is 2.96. The molecule has 0 fully saturated rings. The summed E-state index contributed by atoms with van der Waals surface area (Å²) < 4.78 is 10.5. The van der Waals surface area contributed by atoms with Crippen molar-refractivity contribution < 1.29 is 14.3 Å². The maximum atomic E-state index is 12.5. The van der Waals surface area contributed by atoms with E-state index in [1.54, 1.807) is 24.3 Å². The predicted octanol–water partition coefficient (Wildman–Crippen LogP) is 4.04. The molecule has 23 heavy (non-hydrogen) atoms. The van der Waals surface area contributed by atoms with Crippen LogP contribution in [0.1, 0.15) is 10.4 Å². The largest absolute Gasteiger partial charge is 0.454 e. The number of amides is 1. The van der Waals surface area contributed by atoms with E-state index >= 15 is 0 Å². The van der Waals surface area contributed by atoms with Gasteiger partial charge in [0, 0.05) is 24.7 Å². The molecule has 0 saturated carbocycles. The minimum Gasteiger partial charge on any atom is -0.454 e. The van der Waals surface area contributed by atoms with Gasteiger partial charge in [-0.3, -0.25) is 4.79 Å². The molecule has 5 nitrogen and oxygen atoms in total. The third-order valence-electron chi connectivity index (χ3n) is 3.38. The van der Waals surface area contributed by atoms with Crippen LogP contribution >= 0.6 is 23.2 Å². The molecular formula is C16H14Cl2N2O3. The molecule has 2 aromatic carbocycles. The second-order valence-electron chi connectivity index (χ2n) is 5.20. The Kier molecular flexibility index (Phi) is 4.24. The number of hydrogen-bond acceptors (Lipinski definition) is 4. The lowest BCUT2D eigenvalue weighted by Crippen LogP contribution is -2.16. The first-order valence-corrected chi connectivity index (χ1v) is 7.58. The van der Waals surface area contributed by atoms with E-state index in [0.29, 0.717) is 32.8 Å². The van der Waals surface area contributed by atoms with E-state index in [1.165, 1.54) is 0 Å². The standard InChI is InChI=1S/C16H14Cl2N2O3/c1-20(2)13-4-3-10(17)7-12(13)19-16(21)9-5-11(18)15-14(6-9)22-8-23-15/h3-7H,8H2,1-2H3,(H,19,21). The third kappa shape index (κ3) is 3.16. The first kappa shape index (κ1) is 15.8. The highest BCUT2D eigenvalue weighted by molar-refractivity contribution is 6.33. The van der Waals surface area contributed by atoms with Gasteiger partial charge in [0.05, 0.1) is 16.4 Å². The number of carbonyl (C=O) groups excluding carboxylic acids is 1. The third-order valence-corrected chi connectivity index (χ3v) is 3.89. The van der Waals surface area contributed by atoms with Crippen LogP contribution in [0.2, 0.25) is 10.0 Å². The van der Waals surface area contributed by atoms with Gasteiger partial charge in [-0.25, -0.2) is 0 Å². The Hall–Kier alpha value is -2.11. The fourth-order valence-electron chi connectivity index (χ4n) is 2.29. The van der Waals surface area contributed by atoms with Gasteiger partial charge in [-0.15, -0.1) is 0 Å². The number of hydrogen-bond donors (Lipinski definition) is 1. The number of benzene rings is 2. The van der Waals surface area contributed by atoms with Crippen molar-refractivity contribution in [2.24, 2.45) is 0 Å². The molecule has 7 heteroatoms. The fourth-order valence-corrected chi connectivity index (χ4v) is 2.73. The van der Waals surface area contributed by atoms with Gasteiger partial charge in [-0.05, 0) is 30.3 Å². The zero-order valence-electron chi connectivity index (χ0n) is 12.5.